The van der Waals surface area contributed by atoms with Crippen molar-refractivity contribution in [3.8, 4) is 5.75 Å². The van der Waals surface area contributed by atoms with Crippen molar-refractivity contribution in [2.45, 2.75) is 44.9 Å². The SMILES string of the molecule is CCCOC1C(NCC)CC1Oc1ccc(Cl)cc1Cl. The summed E-state index contributed by atoms with van der Waals surface area (Å²) in [5, 5.41) is 4.57. The summed E-state index contributed by atoms with van der Waals surface area (Å²) < 4.78 is 11.9. The molecule has 0 bridgehead atoms. The van der Waals surface area contributed by atoms with Crippen molar-refractivity contribution in [3.63, 3.8) is 0 Å². The molecule has 0 aromatic heterocycles. The molecule has 112 valence electrons. The van der Waals surface area contributed by atoms with Crippen molar-refractivity contribution in [3.05, 3.63) is 28.2 Å². The summed E-state index contributed by atoms with van der Waals surface area (Å²) in [5.41, 5.74) is 0. The van der Waals surface area contributed by atoms with E-state index in [9.17, 15) is 0 Å². The lowest BCUT2D eigenvalue weighted by atomic mass is 9.85. The minimum absolute atomic E-state index is 0.0456. The van der Waals surface area contributed by atoms with E-state index in [0.29, 0.717) is 21.8 Å². The summed E-state index contributed by atoms with van der Waals surface area (Å²) in [6, 6.07) is 5.65. The van der Waals surface area contributed by atoms with Crippen LogP contribution in [0.3, 0.4) is 0 Å². The fourth-order valence-electron chi connectivity index (χ4n) is 2.37. The second-order valence-electron chi connectivity index (χ2n) is 4.97. The first-order chi connectivity index (χ1) is 9.65. The average molecular weight is 318 g/mol. The minimum Gasteiger partial charge on any atom is -0.486 e. The lowest BCUT2D eigenvalue weighted by Crippen LogP contribution is -2.61. The van der Waals surface area contributed by atoms with E-state index in [1.807, 2.05) is 6.07 Å². The van der Waals surface area contributed by atoms with Gasteiger partial charge in [0.05, 0.1) is 5.02 Å². The van der Waals surface area contributed by atoms with Crippen molar-refractivity contribution < 1.29 is 9.47 Å². The molecule has 1 N–H and O–H groups in total. The van der Waals surface area contributed by atoms with Gasteiger partial charge in [-0.2, -0.15) is 0 Å². The third kappa shape index (κ3) is 3.79. The largest absolute Gasteiger partial charge is 0.486 e. The summed E-state index contributed by atoms with van der Waals surface area (Å²) in [5.74, 6) is 0.668. The molecule has 0 aliphatic heterocycles. The average Bonchev–Trinajstić information content (AvgIpc) is 2.40. The molecule has 0 radical (unpaired) electrons. The van der Waals surface area contributed by atoms with E-state index >= 15 is 0 Å². The lowest BCUT2D eigenvalue weighted by molar-refractivity contribution is -0.107. The summed E-state index contributed by atoms with van der Waals surface area (Å²) in [6.07, 6.45) is 2.07. The van der Waals surface area contributed by atoms with Gasteiger partial charge < -0.3 is 14.8 Å². The zero-order valence-corrected chi connectivity index (χ0v) is 13.4. The highest BCUT2D eigenvalue weighted by Crippen LogP contribution is 2.34. The van der Waals surface area contributed by atoms with Crippen LogP contribution in [0, 0.1) is 0 Å². The van der Waals surface area contributed by atoms with Crippen LogP contribution in [0.2, 0.25) is 10.0 Å². The molecule has 1 aromatic rings. The second-order valence-corrected chi connectivity index (χ2v) is 5.81. The molecule has 1 fully saturated rings. The molecule has 0 saturated heterocycles. The van der Waals surface area contributed by atoms with E-state index in [4.69, 9.17) is 32.7 Å². The molecule has 3 atom stereocenters. The van der Waals surface area contributed by atoms with Gasteiger partial charge in [-0.1, -0.05) is 37.0 Å². The molecule has 5 heteroatoms. The Balaban J connectivity index is 1.97. The van der Waals surface area contributed by atoms with Gasteiger partial charge in [-0.25, -0.2) is 0 Å². The van der Waals surface area contributed by atoms with Crippen molar-refractivity contribution in [2.75, 3.05) is 13.2 Å². The molecule has 1 aromatic carbocycles. The van der Waals surface area contributed by atoms with E-state index < -0.39 is 0 Å². The van der Waals surface area contributed by atoms with Crippen LogP contribution in [0.4, 0.5) is 0 Å². The topological polar surface area (TPSA) is 30.5 Å². The number of benzene rings is 1. The zero-order valence-electron chi connectivity index (χ0n) is 11.9. The highest BCUT2D eigenvalue weighted by atomic mass is 35.5. The van der Waals surface area contributed by atoms with Gasteiger partial charge in [0.1, 0.15) is 18.0 Å². The standard InChI is InChI=1S/C15H21Cl2NO2/c1-3-7-19-15-12(18-4-2)9-14(15)20-13-6-5-10(16)8-11(13)17/h5-6,8,12,14-15,18H,3-4,7,9H2,1-2H3. The first-order valence-corrected chi connectivity index (χ1v) is 7.88. The van der Waals surface area contributed by atoms with E-state index in [1.165, 1.54) is 0 Å². The van der Waals surface area contributed by atoms with Crippen molar-refractivity contribution in [1.82, 2.24) is 5.32 Å². The van der Waals surface area contributed by atoms with E-state index in [-0.39, 0.29) is 12.2 Å². The molecule has 1 saturated carbocycles. The molecule has 1 aliphatic rings. The van der Waals surface area contributed by atoms with Crippen LogP contribution < -0.4 is 10.1 Å². The molecular formula is C15H21Cl2NO2. The predicted molar refractivity (Wildman–Crippen MR) is 83.0 cm³/mol. The molecule has 0 amide bonds. The third-order valence-electron chi connectivity index (χ3n) is 3.40. The smallest absolute Gasteiger partial charge is 0.138 e. The van der Waals surface area contributed by atoms with Crippen LogP contribution in [0.25, 0.3) is 0 Å². The number of rotatable bonds is 7. The molecule has 3 nitrogen and oxygen atoms in total. The number of ether oxygens (including phenoxy) is 2. The van der Waals surface area contributed by atoms with Crippen LogP contribution in [0.5, 0.6) is 5.75 Å². The van der Waals surface area contributed by atoms with E-state index in [2.05, 4.69) is 19.2 Å². The van der Waals surface area contributed by atoms with Gasteiger partial charge in [0.2, 0.25) is 0 Å². The monoisotopic (exact) mass is 317 g/mol. The van der Waals surface area contributed by atoms with Crippen LogP contribution in [-0.4, -0.2) is 31.4 Å². The fraction of sp³-hybridized carbons (Fsp3) is 0.600. The molecule has 2 rings (SSSR count). The number of halogens is 2. The number of hydrogen-bond acceptors (Lipinski definition) is 3. The minimum atomic E-state index is 0.0456. The van der Waals surface area contributed by atoms with Gasteiger partial charge in [-0.15, -0.1) is 0 Å². The highest BCUT2D eigenvalue weighted by Gasteiger charge is 2.43. The fourth-order valence-corrected chi connectivity index (χ4v) is 2.82. The van der Waals surface area contributed by atoms with E-state index in [0.717, 1.165) is 26.0 Å². The number of likely N-dealkylation sites (N-methyl/N-ethyl adjacent to an activating group) is 1. The van der Waals surface area contributed by atoms with Crippen molar-refractivity contribution in [2.24, 2.45) is 0 Å². The quantitative estimate of drug-likeness (QED) is 0.826. The Hall–Kier alpha value is -0.480. The number of hydrogen-bond donors (Lipinski definition) is 1. The maximum atomic E-state index is 6.14. The lowest BCUT2D eigenvalue weighted by Gasteiger charge is -2.44. The summed E-state index contributed by atoms with van der Waals surface area (Å²) >= 11 is 12.0. The van der Waals surface area contributed by atoms with Gasteiger partial charge in [0.25, 0.3) is 0 Å². The summed E-state index contributed by atoms with van der Waals surface area (Å²) in [7, 11) is 0. The highest BCUT2D eigenvalue weighted by molar-refractivity contribution is 6.35. The van der Waals surface area contributed by atoms with Gasteiger partial charge in [-0.3, -0.25) is 0 Å². The zero-order chi connectivity index (χ0) is 14.5. The first-order valence-electron chi connectivity index (χ1n) is 7.12. The molecule has 20 heavy (non-hydrogen) atoms. The second kappa shape index (κ2) is 7.51. The first kappa shape index (κ1) is 15.9. The van der Waals surface area contributed by atoms with Gasteiger partial charge in [-0.05, 0) is 31.2 Å². The Morgan fingerprint density at radius 2 is 2.10 bits per heavy atom. The third-order valence-corrected chi connectivity index (χ3v) is 3.93. The summed E-state index contributed by atoms with van der Waals surface area (Å²) in [6.45, 7) is 5.89. The Morgan fingerprint density at radius 3 is 2.75 bits per heavy atom. The molecule has 0 heterocycles. The van der Waals surface area contributed by atoms with Crippen LogP contribution in [0.1, 0.15) is 26.7 Å². The maximum Gasteiger partial charge on any atom is 0.138 e. The maximum absolute atomic E-state index is 6.14. The van der Waals surface area contributed by atoms with E-state index in [1.54, 1.807) is 12.1 Å². The Kier molecular flexibility index (Phi) is 5.97. The Bertz CT molecular complexity index is 442. The molecule has 1 aliphatic carbocycles. The van der Waals surface area contributed by atoms with Gasteiger partial charge >= 0.3 is 0 Å². The Labute approximate surface area is 130 Å². The normalized spacial score (nSPS) is 25.3. The molecule has 0 spiro atoms. The molecule has 3 unspecified atom stereocenters. The molecular weight excluding hydrogens is 297 g/mol. The van der Waals surface area contributed by atoms with Crippen molar-refractivity contribution in [1.29, 1.82) is 0 Å². The van der Waals surface area contributed by atoms with Crippen LogP contribution in [0.15, 0.2) is 18.2 Å². The van der Waals surface area contributed by atoms with Crippen LogP contribution >= 0.6 is 23.2 Å². The van der Waals surface area contributed by atoms with Gasteiger partial charge in [0.15, 0.2) is 0 Å². The Morgan fingerprint density at radius 1 is 1.30 bits per heavy atom. The van der Waals surface area contributed by atoms with Crippen LogP contribution in [-0.2, 0) is 4.74 Å². The van der Waals surface area contributed by atoms with Gasteiger partial charge in [0, 0.05) is 24.1 Å². The number of nitrogens with one attached hydrogen (secondary N) is 1. The van der Waals surface area contributed by atoms with Crippen molar-refractivity contribution >= 4 is 23.2 Å². The summed E-state index contributed by atoms with van der Waals surface area (Å²) in [4.78, 5) is 0. The predicted octanol–water partition coefficient (Wildman–Crippen LogP) is 3.92.